The quantitative estimate of drug-likeness (QED) is 0.229. The first-order valence-corrected chi connectivity index (χ1v) is 8.01. The Balaban J connectivity index is 3.17. The number of esters is 1. The molecule has 0 aromatic carbocycles. The fraction of sp³-hybridized carbons (Fsp3) is 0.722. The highest BCUT2D eigenvalue weighted by Gasteiger charge is 1.90. The fourth-order valence-electron chi connectivity index (χ4n) is 1.78. The van der Waals surface area contributed by atoms with E-state index < -0.39 is 0 Å². The molecule has 0 spiro atoms. The van der Waals surface area contributed by atoms with Crippen LogP contribution in [-0.4, -0.2) is 12.6 Å². The van der Waals surface area contributed by atoms with E-state index in [-0.39, 0.29) is 5.97 Å². The van der Waals surface area contributed by atoms with Crippen LogP contribution in [0, 0.1) is 11.8 Å². The van der Waals surface area contributed by atoms with Crippen LogP contribution in [0.4, 0.5) is 0 Å². The van der Waals surface area contributed by atoms with Crippen molar-refractivity contribution in [2.45, 2.75) is 78.1 Å². The molecule has 0 N–H and O–H groups in total. The van der Waals surface area contributed by atoms with Crippen molar-refractivity contribution in [2.75, 3.05) is 6.61 Å². The van der Waals surface area contributed by atoms with Crippen molar-refractivity contribution < 1.29 is 9.53 Å². The first kappa shape index (κ1) is 18.8. The molecule has 0 atom stereocenters. The average Bonchev–Trinajstić information content (AvgIpc) is 2.43. The van der Waals surface area contributed by atoms with Gasteiger partial charge in [-0.25, -0.2) is 0 Å². The Morgan fingerprint density at radius 1 is 0.950 bits per heavy atom. The first-order chi connectivity index (χ1) is 9.77. The zero-order valence-electron chi connectivity index (χ0n) is 13.2. The van der Waals surface area contributed by atoms with Crippen LogP contribution < -0.4 is 0 Å². The zero-order chi connectivity index (χ0) is 14.9. The second-order valence-electron chi connectivity index (χ2n) is 5.01. The van der Waals surface area contributed by atoms with E-state index in [1.165, 1.54) is 45.4 Å². The molecule has 0 rings (SSSR count). The molecule has 0 saturated heterocycles. The molecule has 0 aliphatic rings. The minimum absolute atomic E-state index is 0.198. The Morgan fingerprint density at radius 2 is 1.60 bits per heavy atom. The van der Waals surface area contributed by atoms with Crippen molar-refractivity contribution >= 4 is 5.97 Å². The molecule has 0 aliphatic carbocycles. The summed E-state index contributed by atoms with van der Waals surface area (Å²) in [6.45, 7) is 4.15. The molecule has 0 heterocycles. The van der Waals surface area contributed by atoms with Gasteiger partial charge in [0.25, 0.3) is 0 Å². The minimum Gasteiger partial charge on any atom is -0.466 e. The summed E-state index contributed by atoms with van der Waals surface area (Å²) in [7, 11) is 0. The number of hydrogen-bond donors (Lipinski definition) is 0. The largest absolute Gasteiger partial charge is 0.466 e. The smallest absolute Gasteiger partial charge is 0.302 e. The Hall–Kier alpha value is -1.23. The summed E-state index contributed by atoms with van der Waals surface area (Å²) in [6, 6.07) is 0. The molecule has 0 bridgehead atoms. The third-order valence-electron chi connectivity index (χ3n) is 2.96. The molecule has 2 nitrogen and oxygen atoms in total. The summed E-state index contributed by atoms with van der Waals surface area (Å²) >= 11 is 0. The molecule has 0 aromatic rings. The maximum absolute atomic E-state index is 10.5. The van der Waals surface area contributed by atoms with Gasteiger partial charge in [-0.15, -0.1) is 11.8 Å². The standard InChI is InChI=1S/C18H30O2/c1-3-4-5-6-7-8-9-10-11-12-13-14-15-16-17-20-18(2)19/h14-15H,3-5,8-13,16-17H2,1-2H3. The SMILES string of the molecule is CCCCC#CCCCCCCC=CCCOC(C)=O. The molecular formula is C18H30O2. The topological polar surface area (TPSA) is 26.3 Å². The maximum atomic E-state index is 10.5. The molecule has 0 saturated carbocycles. The van der Waals surface area contributed by atoms with E-state index in [0.717, 1.165) is 25.7 Å². The van der Waals surface area contributed by atoms with E-state index in [2.05, 4.69) is 30.9 Å². The molecule has 0 amide bonds. The first-order valence-electron chi connectivity index (χ1n) is 8.01. The molecule has 0 unspecified atom stereocenters. The summed E-state index contributed by atoms with van der Waals surface area (Å²) in [4.78, 5) is 10.5. The minimum atomic E-state index is -0.198. The van der Waals surface area contributed by atoms with E-state index in [1.54, 1.807) is 0 Å². The molecule has 2 heteroatoms. The van der Waals surface area contributed by atoms with Crippen LogP contribution in [0.5, 0.6) is 0 Å². The van der Waals surface area contributed by atoms with Gasteiger partial charge in [0.1, 0.15) is 0 Å². The Morgan fingerprint density at radius 3 is 2.30 bits per heavy atom. The van der Waals surface area contributed by atoms with E-state index >= 15 is 0 Å². The van der Waals surface area contributed by atoms with Gasteiger partial charge in [0.2, 0.25) is 0 Å². The molecule has 0 fully saturated rings. The van der Waals surface area contributed by atoms with Crippen LogP contribution in [-0.2, 0) is 9.53 Å². The van der Waals surface area contributed by atoms with Gasteiger partial charge in [0.05, 0.1) is 6.61 Å². The summed E-state index contributed by atoms with van der Waals surface area (Å²) in [5.74, 6) is 6.28. The summed E-state index contributed by atoms with van der Waals surface area (Å²) in [6.07, 6.45) is 15.9. The van der Waals surface area contributed by atoms with Gasteiger partial charge in [-0.1, -0.05) is 38.3 Å². The number of hydrogen-bond acceptors (Lipinski definition) is 2. The van der Waals surface area contributed by atoms with Gasteiger partial charge < -0.3 is 4.74 Å². The number of ether oxygens (including phenoxy) is 1. The van der Waals surface area contributed by atoms with Gasteiger partial charge in [0, 0.05) is 19.8 Å². The van der Waals surface area contributed by atoms with Gasteiger partial charge >= 0.3 is 5.97 Å². The second-order valence-corrected chi connectivity index (χ2v) is 5.01. The highest BCUT2D eigenvalue weighted by molar-refractivity contribution is 5.65. The highest BCUT2D eigenvalue weighted by Crippen LogP contribution is 2.06. The monoisotopic (exact) mass is 278 g/mol. The van der Waals surface area contributed by atoms with Crippen molar-refractivity contribution in [3.05, 3.63) is 12.2 Å². The van der Waals surface area contributed by atoms with Crippen LogP contribution in [0.25, 0.3) is 0 Å². The lowest BCUT2D eigenvalue weighted by molar-refractivity contribution is -0.140. The van der Waals surface area contributed by atoms with Crippen LogP contribution in [0.15, 0.2) is 12.2 Å². The second kappa shape index (κ2) is 15.8. The van der Waals surface area contributed by atoms with E-state index in [0.29, 0.717) is 6.61 Å². The fourth-order valence-corrected chi connectivity index (χ4v) is 1.78. The number of carbonyl (C=O) groups is 1. The lowest BCUT2D eigenvalue weighted by Gasteiger charge is -1.97. The predicted octanol–water partition coefficient (Wildman–Crippen LogP) is 5.03. The van der Waals surface area contributed by atoms with Gasteiger partial charge in [0.15, 0.2) is 0 Å². The molecule has 20 heavy (non-hydrogen) atoms. The number of rotatable bonds is 11. The lowest BCUT2D eigenvalue weighted by atomic mass is 10.1. The maximum Gasteiger partial charge on any atom is 0.302 e. The van der Waals surface area contributed by atoms with Crippen molar-refractivity contribution in [3.8, 4) is 11.8 Å². The van der Waals surface area contributed by atoms with Crippen molar-refractivity contribution in [3.63, 3.8) is 0 Å². The van der Waals surface area contributed by atoms with Crippen molar-refractivity contribution in [2.24, 2.45) is 0 Å². The van der Waals surface area contributed by atoms with Crippen LogP contribution in [0.1, 0.15) is 78.1 Å². The lowest BCUT2D eigenvalue weighted by Crippen LogP contribution is -1.98. The summed E-state index contributed by atoms with van der Waals surface area (Å²) in [5, 5.41) is 0. The van der Waals surface area contributed by atoms with Crippen molar-refractivity contribution in [1.29, 1.82) is 0 Å². The van der Waals surface area contributed by atoms with Crippen LogP contribution in [0.3, 0.4) is 0 Å². The normalized spacial score (nSPS) is 10.3. The van der Waals surface area contributed by atoms with Gasteiger partial charge in [-0.3, -0.25) is 4.79 Å². The van der Waals surface area contributed by atoms with E-state index in [4.69, 9.17) is 4.74 Å². The number of unbranched alkanes of at least 4 members (excludes halogenated alkanes) is 7. The predicted molar refractivity (Wildman–Crippen MR) is 85.4 cm³/mol. The van der Waals surface area contributed by atoms with Gasteiger partial charge in [-0.05, 0) is 32.1 Å². The molecule has 0 aromatic heterocycles. The molecule has 0 aliphatic heterocycles. The molecular weight excluding hydrogens is 248 g/mol. The molecule has 114 valence electrons. The third-order valence-corrected chi connectivity index (χ3v) is 2.96. The van der Waals surface area contributed by atoms with Crippen LogP contribution in [0.2, 0.25) is 0 Å². The van der Waals surface area contributed by atoms with Crippen LogP contribution >= 0.6 is 0 Å². The van der Waals surface area contributed by atoms with Gasteiger partial charge in [-0.2, -0.15) is 0 Å². The summed E-state index contributed by atoms with van der Waals surface area (Å²) < 4.78 is 4.85. The average molecular weight is 278 g/mol. The number of carbonyl (C=O) groups excluding carboxylic acids is 1. The Kier molecular flexibility index (Phi) is 14.9. The van der Waals surface area contributed by atoms with E-state index in [1.807, 2.05) is 0 Å². The third kappa shape index (κ3) is 16.8. The summed E-state index contributed by atoms with van der Waals surface area (Å²) in [5.41, 5.74) is 0. The highest BCUT2D eigenvalue weighted by atomic mass is 16.5. The van der Waals surface area contributed by atoms with E-state index in [9.17, 15) is 4.79 Å². The zero-order valence-corrected chi connectivity index (χ0v) is 13.2. The van der Waals surface area contributed by atoms with Crippen molar-refractivity contribution in [1.82, 2.24) is 0 Å². The Bertz CT molecular complexity index is 307. The Labute approximate surface area is 125 Å². The molecule has 0 radical (unpaired) electrons. The number of allylic oxidation sites excluding steroid dienone is 1.